The second-order valence-electron chi connectivity index (χ2n) is 4.57. The van der Waals surface area contributed by atoms with E-state index in [2.05, 4.69) is 4.72 Å². The van der Waals surface area contributed by atoms with E-state index in [1.807, 2.05) is 0 Å². The lowest BCUT2D eigenvalue weighted by Crippen LogP contribution is -2.39. The molecule has 2 atom stereocenters. The Morgan fingerprint density at radius 3 is 2.70 bits per heavy atom. The number of rotatable bonds is 4. The number of nitrogens with one attached hydrogen (secondary N) is 1. The van der Waals surface area contributed by atoms with E-state index in [-0.39, 0.29) is 28.4 Å². The Hall–Kier alpha value is -1.71. The largest absolute Gasteiger partial charge is 0.393 e. The topological polar surface area (TPSA) is 125 Å². The molecule has 0 bridgehead atoms. The van der Waals surface area contributed by atoms with Crippen LogP contribution in [-0.2, 0) is 14.8 Å². The van der Waals surface area contributed by atoms with Gasteiger partial charge >= 0.3 is 0 Å². The highest BCUT2D eigenvalue weighted by molar-refractivity contribution is 7.89. The van der Waals surface area contributed by atoms with E-state index in [0.717, 1.165) is 18.2 Å². The SMILES string of the molecule is CC1OCCC1NS(=O)(=O)c1ccc([N+](=O)[O-])c(N)c1. The van der Waals surface area contributed by atoms with Crippen LogP contribution in [0.3, 0.4) is 0 Å². The minimum Gasteiger partial charge on any atom is -0.393 e. The molecular formula is C11H15N3O5S. The van der Waals surface area contributed by atoms with Crippen molar-refractivity contribution in [3.8, 4) is 0 Å². The second-order valence-corrected chi connectivity index (χ2v) is 6.28. The Bertz CT molecular complexity index is 631. The van der Waals surface area contributed by atoms with E-state index in [4.69, 9.17) is 10.5 Å². The molecule has 1 heterocycles. The number of nitro benzene ring substituents is 1. The van der Waals surface area contributed by atoms with Crippen LogP contribution < -0.4 is 10.5 Å². The minimum atomic E-state index is -3.77. The van der Waals surface area contributed by atoms with Crippen molar-refractivity contribution in [3.63, 3.8) is 0 Å². The van der Waals surface area contributed by atoms with Crippen LogP contribution in [0.25, 0.3) is 0 Å². The summed E-state index contributed by atoms with van der Waals surface area (Å²) in [7, 11) is -3.77. The number of nitro groups is 1. The normalized spacial score (nSPS) is 22.9. The van der Waals surface area contributed by atoms with Gasteiger partial charge < -0.3 is 10.5 Å². The van der Waals surface area contributed by atoms with Crippen LogP contribution in [0.15, 0.2) is 23.1 Å². The van der Waals surface area contributed by atoms with Crippen molar-refractivity contribution >= 4 is 21.4 Å². The summed E-state index contributed by atoms with van der Waals surface area (Å²) in [6.45, 7) is 2.28. The average Bonchev–Trinajstić information content (AvgIpc) is 2.73. The average molecular weight is 301 g/mol. The number of hydrogen-bond acceptors (Lipinski definition) is 6. The molecule has 3 N–H and O–H groups in total. The molecule has 0 aromatic heterocycles. The van der Waals surface area contributed by atoms with Crippen LogP contribution >= 0.6 is 0 Å². The molecule has 1 aliphatic rings. The zero-order valence-corrected chi connectivity index (χ0v) is 11.6. The predicted octanol–water partition coefficient (Wildman–Crippen LogP) is 0.633. The highest BCUT2D eigenvalue weighted by Crippen LogP contribution is 2.25. The molecule has 0 radical (unpaired) electrons. The fraction of sp³-hybridized carbons (Fsp3) is 0.455. The van der Waals surface area contributed by atoms with Gasteiger partial charge in [0.15, 0.2) is 0 Å². The summed E-state index contributed by atoms with van der Waals surface area (Å²) in [5.74, 6) is 0. The van der Waals surface area contributed by atoms with E-state index in [0.29, 0.717) is 13.0 Å². The van der Waals surface area contributed by atoms with Crippen molar-refractivity contribution in [2.75, 3.05) is 12.3 Å². The Labute approximate surface area is 116 Å². The van der Waals surface area contributed by atoms with Gasteiger partial charge in [-0.15, -0.1) is 0 Å². The molecule has 2 rings (SSSR count). The Morgan fingerprint density at radius 2 is 2.20 bits per heavy atom. The highest BCUT2D eigenvalue weighted by Gasteiger charge is 2.29. The summed E-state index contributed by atoms with van der Waals surface area (Å²) in [5, 5.41) is 10.6. The quantitative estimate of drug-likeness (QED) is 0.477. The van der Waals surface area contributed by atoms with Crippen molar-refractivity contribution in [2.24, 2.45) is 0 Å². The first-order chi connectivity index (χ1) is 9.31. The zero-order chi connectivity index (χ0) is 14.9. The van der Waals surface area contributed by atoms with Crippen LogP contribution in [0, 0.1) is 10.1 Å². The van der Waals surface area contributed by atoms with Crippen LogP contribution in [0.2, 0.25) is 0 Å². The van der Waals surface area contributed by atoms with Crippen LogP contribution in [0.4, 0.5) is 11.4 Å². The molecule has 0 saturated carbocycles. The van der Waals surface area contributed by atoms with Gasteiger partial charge in [0.1, 0.15) is 5.69 Å². The molecule has 2 unspecified atom stereocenters. The van der Waals surface area contributed by atoms with Crippen LogP contribution in [0.5, 0.6) is 0 Å². The first-order valence-corrected chi connectivity index (χ1v) is 7.47. The third-order valence-electron chi connectivity index (χ3n) is 3.19. The Morgan fingerprint density at radius 1 is 1.50 bits per heavy atom. The van der Waals surface area contributed by atoms with Gasteiger partial charge in [-0.3, -0.25) is 10.1 Å². The molecule has 8 nitrogen and oxygen atoms in total. The molecule has 1 aromatic rings. The molecule has 1 saturated heterocycles. The first-order valence-electron chi connectivity index (χ1n) is 5.99. The van der Waals surface area contributed by atoms with Crippen molar-refractivity contribution in [2.45, 2.75) is 30.4 Å². The molecule has 0 spiro atoms. The molecule has 20 heavy (non-hydrogen) atoms. The van der Waals surface area contributed by atoms with Gasteiger partial charge in [-0.25, -0.2) is 13.1 Å². The molecule has 110 valence electrons. The van der Waals surface area contributed by atoms with Gasteiger partial charge in [-0.1, -0.05) is 0 Å². The summed E-state index contributed by atoms with van der Waals surface area (Å²) in [4.78, 5) is 9.89. The van der Waals surface area contributed by atoms with E-state index >= 15 is 0 Å². The Balaban J connectivity index is 2.25. The zero-order valence-electron chi connectivity index (χ0n) is 10.8. The van der Waals surface area contributed by atoms with Crippen molar-refractivity contribution in [1.29, 1.82) is 0 Å². The molecule has 1 fully saturated rings. The fourth-order valence-electron chi connectivity index (χ4n) is 2.02. The summed E-state index contributed by atoms with van der Waals surface area (Å²) >= 11 is 0. The number of hydrogen-bond donors (Lipinski definition) is 2. The Kier molecular flexibility index (Phi) is 3.93. The third-order valence-corrected chi connectivity index (χ3v) is 4.68. The van der Waals surface area contributed by atoms with E-state index in [1.54, 1.807) is 6.92 Å². The van der Waals surface area contributed by atoms with Gasteiger partial charge in [-0.05, 0) is 25.5 Å². The maximum atomic E-state index is 12.2. The van der Waals surface area contributed by atoms with Gasteiger partial charge in [0.2, 0.25) is 10.0 Å². The maximum Gasteiger partial charge on any atom is 0.292 e. The summed E-state index contributed by atoms with van der Waals surface area (Å²) < 4.78 is 32.1. The number of nitrogens with zero attached hydrogens (tertiary/aromatic N) is 1. The smallest absolute Gasteiger partial charge is 0.292 e. The van der Waals surface area contributed by atoms with Gasteiger partial charge in [0, 0.05) is 12.7 Å². The van der Waals surface area contributed by atoms with Crippen molar-refractivity contribution in [3.05, 3.63) is 28.3 Å². The van der Waals surface area contributed by atoms with Gasteiger partial charge in [0.05, 0.1) is 22.0 Å². The standard InChI is InChI=1S/C11H15N3O5S/c1-7-10(4-5-19-7)13-20(17,18)8-2-3-11(14(15)16)9(12)6-8/h2-3,6-7,10,13H,4-5,12H2,1H3. The number of anilines is 1. The predicted molar refractivity (Wildman–Crippen MR) is 71.6 cm³/mol. The summed E-state index contributed by atoms with van der Waals surface area (Å²) in [5.41, 5.74) is 4.99. The van der Waals surface area contributed by atoms with E-state index in [9.17, 15) is 18.5 Å². The lowest BCUT2D eigenvalue weighted by Gasteiger charge is -2.16. The second kappa shape index (κ2) is 5.35. The van der Waals surface area contributed by atoms with Crippen LogP contribution in [-0.4, -0.2) is 32.1 Å². The van der Waals surface area contributed by atoms with Crippen LogP contribution in [0.1, 0.15) is 13.3 Å². The summed E-state index contributed by atoms with van der Waals surface area (Å²) in [6.07, 6.45) is 0.378. The number of nitrogens with two attached hydrogens (primary N) is 1. The highest BCUT2D eigenvalue weighted by atomic mass is 32.2. The first kappa shape index (κ1) is 14.7. The maximum absolute atomic E-state index is 12.2. The number of benzene rings is 1. The third kappa shape index (κ3) is 2.89. The lowest BCUT2D eigenvalue weighted by atomic mass is 10.2. The molecule has 1 aliphatic heterocycles. The van der Waals surface area contributed by atoms with Gasteiger partial charge in [0.25, 0.3) is 5.69 Å². The molecular weight excluding hydrogens is 286 g/mol. The molecule has 0 aliphatic carbocycles. The summed E-state index contributed by atoms with van der Waals surface area (Å²) in [6, 6.07) is 3.02. The number of sulfonamides is 1. The monoisotopic (exact) mass is 301 g/mol. The van der Waals surface area contributed by atoms with Gasteiger partial charge in [-0.2, -0.15) is 0 Å². The molecule has 9 heteroatoms. The lowest BCUT2D eigenvalue weighted by molar-refractivity contribution is -0.383. The van der Waals surface area contributed by atoms with E-state index < -0.39 is 14.9 Å². The minimum absolute atomic E-state index is 0.0975. The van der Waals surface area contributed by atoms with E-state index in [1.165, 1.54) is 0 Å². The fourth-order valence-corrected chi connectivity index (χ4v) is 3.39. The van der Waals surface area contributed by atoms with Crippen molar-refractivity contribution in [1.82, 2.24) is 4.72 Å². The molecule has 1 aromatic carbocycles. The van der Waals surface area contributed by atoms with Crippen molar-refractivity contribution < 1.29 is 18.1 Å². The number of nitrogen functional groups attached to an aromatic ring is 1. The number of ether oxygens (including phenoxy) is 1. The molecule has 0 amide bonds.